The molecule has 0 amide bonds. The van der Waals surface area contributed by atoms with Gasteiger partial charge >= 0.3 is 5.97 Å². The van der Waals surface area contributed by atoms with Crippen LogP contribution in [0.5, 0.6) is 0 Å². The van der Waals surface area contributed by atoms with Crippen molar-refractivity contribution in [2.75, 3.05) is 23.8 Å². The Bertz CT molecular complexity index is 433. The van der Waals surface area contributed by atoms with Crippen molar-refractivity contribution in [1.29, 1.82) is 0 Å². The highest BCUT2D eigenvalue weighted by Crippen LogP contribution is 2.35. The van der Waals surface area contributed by atoms with Crippen molar-refractivity contribution in [3.63, 3.8) is 0 Å². The molecule has 6 heteroatoms. The molecule has 1 aliphatic rings. The summed E-state index contributed by atoms with van der Waals surface area (Å²) in [6.07, 6.45) is 3.52. The first-order chi connectivity index (χ1) is 8.65. The maximum absolute atomic E-state index is 11.9. The van der Waals surface area contributed by atoms with Crippen LogP contribution in [-0.4, -0.2) is 29.5 Å². The van der Waals surface area contributed by atoms with Gasteiger partial charge in [-0.2, -0.15) is 4.37 Å². The predicted octanol–water partition coefficient (Wildman–Crippen LogP) is 2.28. The lowest BCUT2D eigenvalue weighted by Gasteiger charge is -2.34. The third-order valence-electron chi connectivity index (χ3n) is 3.24. The average Bonchev–Trinajstić information content (AvgIpc) is 2.72. The van der Waals surface area contributed by atoms with Crippen LogP contribution in [0.25, 0.3) is 0 Å². The van der Waals surface area contributed by atoms with Crippen molar-refractivity contribution in [2.24, 2.45) is 0 Å². The molecule has 1 atom stereocenters. The van der Waals surface area contributed by atoms with Gasteiger partial charge in [-0.05, 0) is 44.6 Å². The third-order valence-corrected chi connectivity index (χ3v) is 4.14. The van der Waals surface area contributed by atoms with Crippen LogP contribution in [0.1, 0.15) is 43.5 Å². The van der Waals surface area contributed by atoms with Crippen LogP contribution in [0.4, 0.5) is 10.8 Å². The Kier molecular flexibility index (Phi) is 4.06. The molecule has 0 spiro atoms. The number of esters is 1. The van der Waals surface area contributed by atoms with E-state index in [0.717, 1.165) is 24.4 Å². The monoisotopic (exact) mass is 269 g/mol. The van der Waals surface area contributed by atoms with E-state index >= 15 is 0 Å². The zero-order valence-electron chi connectivity index (χ0n) is 10.8. The lowest BCUT2D eigenvalue weighted by atomic mass is 10.0. The van der Waals surface area contributed by atoms with Crippen molar-refractivity contribution >= 4 is 28.3 Å². The fourth-order valence-corrected chi connectivity index (χ4v) is 3.22. The number of aromatic nitrogens is 1. The van der Waals surface area contributed by atoms with Crippen LogP contribution in [0.3, 0.4) is 0 Å². The van der Waals surface area contributed by atoms with Crippen LogP contribution in [-0.2, 0) is 4.74 Å². The highest BCUT2D eigenvalue weighted by atomic mass is 32.1. The molecular formula is C12H19N3O2S. The second-order valence-corrected chi connectivity index (χ2v) is 5.26. The Labute approximate surface area is 111 Å². The Morgan fingerprint density at radius 2 is 2.39 bits per heavy atom. The summed E-state index contributed by atoms with van der Waals surface area (Å²) in [6.45, 7) is 5.26. The number of hydrogen-bond donors (Lipinski definition) is 1. The van der Waals surface area contributed by atoms with Gasteiger partial charge in [-0.1, -0.05) is 0 Å². The number of rotatable bonds is 3. The molecule has 0 aromatic carbocycles. The standard InChI is InChI=1S/C12H19N3O2S/c1-3-17-12(16)9-10(13)14-18-11(9)15-7-5-4-6-8(15)2/h8H,3-7H2,1-2H3,(H2,13,14). The van der Waals surface area contributed by atoms with Crippen LogP contribution >= 0.6 is 11.5 Å². The van der Waals surface area contributed by atoms with Gasteiger partial charge in [0.1, 0.15) is 10.6 Å². The number of nitrogens with two attached hydrogens (primary N) is 1. The molecule has 18 heavy (non-hydrogen) atoms. The van der Waals surface area contributed by atoms with Gasteiger partial charge in [0.15, 0.2) is 5.82 Å². The van der Waals surface area contributed by atoms with Crippen LogP contribution in [0, 0.1) is 0 Å². The van der Waals surface area contributed by atoms with Gasteiger partial charge in [0, 0.05) is 12.6 Å². The molecule has 1 unspecified atom stereocenters. The number of nitrogen functional groups attached to an aromatic ring is 1. The lowest BCUT2D eigenvalue weighted by Crippen LogP contribution is -2.37. The third kappa shape index (κ3) is 2.43. The largest absolute Gasteiger partial charge is 0.462 e. The second kappa shape index (κ2) is 5.56. The molecule has 1 saturated heterocycles. The Hall–Kier alpha value is -1.30. The molecule has 0 radical (unpaired) electrons. The maximum atomic E-state index is 11.9. The van der Waals surface area contributed by atoms with Gasteiger partial charge in [-0.3, -0.25) is 0 Å². The minimum atomic E-state index is -0.364. The number of carbonyl (C=O) groups excluding carboxylic acids is 1. The number of nitrogens with zero attached hydrogens (tertiary/aromatic N) is 2. The second-order valence-electron chi connectivity index (χ2n) is 4.51. The van der Waals surface area contributed by atoms with E-state index in [1.165, 1.54) is 18.0 Å². The van der Waals surface area contributed by atoms with Crippen molar-refractivity contribution in [3.05, 3.63) is 5.56 Å². The highest BCUT2D eigenvalue weighted by molar-refractivity contribution is 7.11. The van der Waals surface area contributed by atoms with Crippen molar-refractivity contribution in [2.45, 2.75) is 39.2 Å². The predicted molar refractivity (Wildman–Crippen MR) is 73.1 cm³/mol. The molecule has 100 valence electrons. The first kappa shape index (κ1) is 13.1. The summed E-state index contributed by atoms with van der Waals surface area (Å²) < 4.78 is 9.16. The number of anilines is 2. The summed E-state index contributed by atoms with van der Waals surface area (Å²) in [7, 11) is 0. The SMILES string of the molecule is CCOC(=O)c1c(N)nsc1N1CCCCC1C. The van der Waals surface area contributed by atoms with E-state index in [0.29, 0.717) is 18.2 Å². The van der Waals surface area contributed by atoms with E-state index in [2.05, 4.69) is 16.2 Å². The molecule has 0 saturated carbocycles. The normalized spacial score (nSPS) is 19.9. The molecule has 0 aliphatic carbocycles. The molecule has 1 aromatic heterocycles. The van der Waals surface area contributed by atoms with E-state index in [9.17, 15) is 4.79 Å². The zero-order chi connectivity index (χ0) is 13.1. The van der Waals surface area contributed by atoms with Gasteiger partial charge in [-0.25, -0.2) is 4.79 Å². The van der Waals surface area contributed by atoms with Crippen LogP contribution < -0.4 is 10.6 Å². The summed E-state index contributed by atoms with van der Waals surface area (Å²) in [5, 5.41) is 0.859. The quantitative estimate of drug-likeness (QED) is 0.853. The van der Waals surface area contributed by atoms with E-state index in [1.807, 2.05) is 0 Å². The van der Waals surface area contributed by atoms with E-state index in [1.54, 1.807) is 6.92 Å². The number of hydrogen-bond acceptors (Lipinski definition) is 6. The molecule has 1 fully saturated rings. The minimum absolute atomic E-state index is 0.284. The topological polar surface area (TPSA) is 68.5 Å². The van der Waals surface area contributed by atoms with Crippen LogP contribution in [0.15, 0.2) is 0 Å². The first-order valence-corrected chi connectivity index (χ1v) is 7.11. The van der Waals surface area contributed by atoms with Gasteiger partial charge in [0.2, 0.25) is 0 Å². The number of carbonyl (C=O) groups is 1. The molecule has 1 aliphatic heterocycles. The molecule has 5 nitrogen and oxygen atoms in total. The van der Waals surface area contributed by atoms with E-state index in [-0.39, 0.29) is 11.8 Å². The highest BCUT2D eigenvalue weighted by Gasteiger charge is 2.28. The van der Waals surface area contributed by atoms with E-state index < -0.39 is 0 Å². The molecule has 2 rings (SSSR count). The Morgan fingerprint density at radius 1 is 1.61 bits per heavy atom. The molecule has 2 heterocycles. The maximum Gasteiger partial charge on any atom is 0.345 e. The van der Waals surface area contributed by atoms with Crippen molar-refractivity contribution < 1.29 is 9.53 Å². The smallest absolute Gasteiger partial charge is 0.345 e. The molecular weight excluding hydrogens is 250 g/mol. The van der Waals surface area contributed by atoms with Crippen molar-refractivity contribution in [3.8, 4) is 0 Å². The summed E-state index contributed by atoms with van der Waals surface area (Å²) in [5.74, 6) is -0.0808. The fourth-order valence-electron chi connectivity index (χ4n) is 2.28. The van der Waals surface area contributed by atoms with Gasteiger partial charge < -0.3 is 15.4 Å². The van der Waals surface area contributed by atoms with Crippen molar-refractivity contribution in [1.82, 2.24) is 4.37 Å². The fraction of sp³-hybridized carbons (Fsp3) is 0.667. The summed E-state index contributed by atoms with van der Waals surface area (Å²) in [6, 6.07) is 0.423. The Morgan fingerprint density at radius 3 is 3.06 bits per heavy atom. The van der Waals surface area contributed by atoms with Gasteiger partial charge in [0.25, 0.3) is 0 Å². The summed E-state index contributed by atoms with van der Waals surface area (Å²) in [4.78, 5) is 14.2. The van der Waals surface area contributed by atoms with Gasteiger partial charge in [-0.15, -0.1) is 0 Å². The molecule has 0 bridgehead atoms. The number of piperidine rings is 1. The minimum Gasteiger partial charge on any atom is -0.462 e. The zero-order valence-corrected chi connectivity index (χ0v) is 11.6. The molecule has 1 aromatic rings. The van der Waals surface area contributed by atoms with Crippen LogP contribution in [0.2, 0.25) is 0 Å². The summed E-state index contributed by atoms with van der Waals surface area (Å²) >= 11 is 1.29. The molecule has 2 N–H and O–H groups in total. The first-order valence-electron chi connectivity index (χ1n) is 6.34. The van der Waals surface area contributed by atoms with Gasteiger partial charge in [0.05, 0.1) is 6.61 Å². The number of ether oxygens (including phenoxy) is 1. The summed E-state index contributed by atoms with van der Waals surface area (Å²) in [5.41, 5.74) is 6.24. The Balaban J connectivity index is 2.30. The average molecular weight is 269 g/mol. The lowest BCUT2D eigenvalue weighted by molar-refractivity contribution is 0.0528. The van der Waals surface area contributed by atoms with E-state index in [4.69, 9.17) is 10.5 Å².